The number of carbonyl (C=O) groups is 1. The Kier molecular flexibility index (Phi) is 3.57. The maximum absolute atomic E-state index is 11.4. The fourth-order valence-corrected chi connectivity index (χ4v) is 2.52. The van der Waals surface area contributed by atoms with E-state index in [2.05, 4.69) is 38.3 Å². The Morgan fingerprint density at radius 3 is 2.71 bits per heavy atom. The van der Waals surface area contributed by atoms with Gasteiger partial charge in [0.25, 0.3) is 5.91 Å². The van der Waals surface area contributed by atoms with Gasteiger partial charge in [0.05, 0.1) is 0 Å². The Labute approximate surface area is 122 Å². The highest BCUT2D eigenvalue weighted by molar-refractivity contribution is 5.96. The Morgan fingerprint density at radius 1 is 1.24 bits per heavy atom. The number of nitrogens with two attached hydrogens (primary N) is 1. The maximum atomic E-state index is 11.4. The minimum atomic E-state index is -0.580. The first kappa shape index (κ1) is 13.6. The molecule has 0 unspecified atom stereocenters. The maximum Gasteiger partial charge on any atom is 0.271 e. The lowest BCUT2D eigenvalue weighted by Crippen LogP contribution is -2.44. The van der Waals surface area contributed by atoms with E-state index in [1.165, 1.54) is 0 Å². The topological polar surface area (TPSA) is 91.1 Å². The number of hydrogen-bond donors (Lipinski definition) is 2. The van der Waals surface area contributed by atoms with Gasteiger partial charge in [-0.15, -0.1) is 0 Å². The molecule has 2 aromatic rings. The van der Waals surface area contributed by atoms with Crippen molar-refractivity contribution >= 4 is 11.6 Å². The highest BCUT2D eigenvalue weighted by Crippen LogP contribution is 2.25. The molecule has 3 N–H and O–H groups in total. The van der Waals surface area contributed by atoms with Crippen molar-refractivity contribution in [2.45, 2.75) is 0 Å². The van der Waals surface area contributed by atoms with Gasteiger partial charge in [-0.3, -0.25) is 4.79 Å². The van der Waals surface area contributed by atoms with Crippen LogP contribution in [0.25, 0.3) is 11.3 Å². The summed E-state index contributed by atoms with van der Waals surface area (Å²) in [5.41, 5.74) is 7.95. The molecule has 0 bridgehead atoms. The number of primary amides is 1. The number of aromatic amines is 1. The Morgan fingerprint density at radius 2 is 2.00 bits per heavy atom. The van der Waals surface area contributed by atoms with Gasteiger partial charge < -0.3 is 15.5 Å². The van der Waals surface area contributed by atoms with Gasteiger partial charge >= 0.3 is 0 Å². The predicted octanol–water partition coefficient (Wildman–Crippen LogP) is 0.322. The van der Waals surface area contributed by atoms with Crippen molar-refractivity contribution in [1.82, 2.24) is 20.3 Å². The second-order valence-corrected chi connectivity index (χ2v) is 5.23. The molecule has 110 valence electrons. The van der Waals surface area contributed by atoms with Crippen LogP contribution in [-0.4, -0.2) is 59.4 Å². The number of rotatable bonds is 3. The van der Waals surface area contributed by atoms with Crippen molar-refractivity contribution < 1.29 is 4.79 Å². The standard InChI is InChI=1S/C14H18N6O/c1-19-5-7-20(8-6-19)11-4-2-3-10(9-11)12-13(14(15)21)17-18-16-12/h2-4,9H,5-8H2,1H3,(H2,15,21)(H,16,17,18). The van der Waals surface area contributed by atoms with Crippen LogP contribution in [0.15, 0.2) is 24.3 Å². The summed E-state index contributed by atoms with van der Waals surface area (Å²) in [6, 6.07) is 7.96. The smallest absolute Gasteiger partial charge is 0.271 e. The summed E-state index contributed by atoms with van der Waals surface area (Å²) in [7, 11) is 2.13. The van der Waals surface area contributed by atoms with E-state index in [-0.39, 0.29) is 5.69 Å². The average molecular weight is 286 g/mol. The number of nitrogens with one attached hydrogen (secondary N) is 1. The number of carbonyl (C=O) groups excluding carboxylic acids is 1. The van der Waals surface area contributed by atoms with Crippen molar-refractivity contribution in [2.75, 3.05) is 38.1 Å². The number of hydrogen-bond acceptors (Lipinski definition) is 5. The number of aromatic nitrogens is 3. The van der Waals surface area contributed by atoms with Crippen LogP contribution >= 0.6 is 0 Å². The Hall–Kier alpha value is -2.41. The number of anilines is 1. The van der Waals surface area contributed by atoms with E-state index in [1.807, 2.05) is 18.2 Å². The first-order valence-electron chi connectivity index (χ1n) is 6.89. The van der Waals surface area contributed by atoms with Crippen molar-refractivity contribution in [2.24, 2.45) is 5.73 Å². The molecular weight excluding hydrogens is 268 g/mol. The number of likely N-dealkylation sites (N-methyl/N-ethyl adjacent to an activating group) is 1. The SMILES string of the molecule is CN1CCN(c2cccc(-c3n[nH]nc3C(N)=O)c2)CC1. The summed E-state index contributed by atoms with van der Waals surface area (Å²) >= 11 is 0. The van der Waals surface area contributed by atoms with Gasteiger partial charge in [0, 0.05) is 37.4 Å². The number of amides is 1. The molecule has 0 atom stereocenters. The molecule has 3 rings (SSSR count). The molecule has 0 saturated carbocycles. The molecule has 1 aliphatic rings. The van der Waals surface area contributed by atoms with Crippen LogP contribution in [0.3, 0.4) is 0 Å². The minimum Gasteiger partial charge on any atom is -0.369 e. The van der Waals surface area contributed by atoms with Gasteiger partial charge in [-0.05, 0) is 19.2 Å². The number of H-pyrrole nitrogens is 1. The third kappa shape index (κ3) is 2.73. The van der Waals surface area contributed by atoms with Gasteiger partial charge in [-0.1, -0.05) is 12.1 Å². The third-order valence-corrected chi connectivity index (χ3v) is 3.77. The lowest BCUT2D eigenvalue weighted by molar-refractivity contribution is 0.0996. The molecular formula is C14H18N6O. The first-order chi connectivity index (χ1) is 10.1. The van der Waals surface area contributed by atoms with E-state index in [9.17, 15) is 4.79 Å². The number of nitrogens with zero attached hydrogens (tertiary/aromatic N) is 4. The van der Waals surface area contributed by atoms with Crippen molar-refractivity contribution in [3.8, 4) is 11.3 Å². The predicted molar refractivity (Wildman–Crippen MR) is 80.0 cm³/mol. The zero-order valence-corrected chi connectivity index (χ0v) is 11.9. The lowest BCUT2D eigenvalue weighted by atomic mass is 10.1. The van der Waals surface area contributed by atoms with E-state index < -0.39 is 5.91 Å². The first-order valence-corrected chi connectivity index (χ1v) is 6.89. The van der Waals surface area contributed by atoms with Gasteiger partial charge in [-0.2, -0.15) is 15.4 Å². The van der Waals surface area contributed by atoms with Crippen molar-refractivity contribution in [3.63, 3.8) is 0 Å². The van der Waals surface area contributed by atoms with Crippen LogP contribution in [-0.2, 0) is 0 Å². The van der Waals surface area contributed by atoms with Gasteiger partial charge in [-0.25, -0.2) is 0 Å². The molecule has 1 amide bonds. The van der Waals surface area contributed by atoms with Crippen LogP contribution < -0.4 is 10.6 Å². The zero-order chi connectivity index (χ0) is 14.8. The summed E-state index contributed by atoms with van der Waals surface area (Å²) in [6.45, 7) is 4.06. The van der Waals surface area contributed by atoms with Crippen LogP contribution in [0, 0.1) is 0 Å². The van der Waals surface area contributed by atoms with Crippen molar-refractivity contribution in [1.29, 1.82) is 0 Å². The normalized spacial score (nSPS) is 16.1. The van der Waals surface area contributed by atoms with E-state index in [4.69, 9.17) is 5.73 Å². The molecule has 1 fully saturated rings. The summed E-state index contributed by atoms with van der Waals surface area (Å²) in [6.07, 6.45) is 0. The van der Waals surface area contributed by atoms with E-state index >= 15 is 0 Å². The molecule has 0 aliphatic carbocycles. The Bertz CT molecular complexity index is 644. The summed E-state index contributed by atoms with van der Waals surface area (Å²) < 4.78 is 0. The molecule has 1 aromatic carbocycles. The van der Waals surface area contributed by atoms with Crippen LogP contribution in [0.4, 0.5) is 5.69 Å². The van der Waals surface area contributed by atoms with E-state index in [1.54, 1.807) is 0 Å². The largest absolute Gasteiger partial charge is 0.369 e. The fraction of sp³-hybridized carbons (Fsp3) is 0.357. The quantitative estimate of drug-likeness (QED) is 0.848. The summed E-state index contributed by atoms with van der Waals surface area (Å²) in [5.74, 6) is -0.580. The van der Waals surface area contributed by atoms with Crippen LogP contribution in [0.1, 0.15) is 10.5 Å². The van der Waals surface area contributed by atoms with Crippen LogP contribution in [0.5, 0.6) is 0 Å². The Balaban J connectivity index is 1.89. The highest BCUT2D eigenvalue weighted by atomic mass is 16.1. The highest BCUT2D eigenvalue weighted by Gasteiger charge is 2.18. The molecule has 7 nitrogen and oxygen atoms in total. The second-order valence-electron chi connectivity index (χ2n) is 5.23. The molecule has 1 aromatic heterocycles. The monoisotopic (exact) mass is 286 g/mol. The molecule has 0 radical (unpaired) electrons. The number of piperazine rings is 1. The average Bonchev–Trinajstić information content (AvgIpc) is 2.98. The lowest BCUT2D eigenvalue weighted by Gasteiger charge is -2.34. The van der Waals surface area contributed by atoms with Crippen LogP contribution in [0.2, 0.25) is 0 Å². The van der Waals surface area contributed by atoms with Gasteiger partial charge in [0.1, 0.15) is 5.69 Å². The summed E-state index contributed by atoms with van der Waals surface area (Å²) in [5, 5.41) is 10.3. The molecule has 0 spiro atoms. The minimum absolute atomic E-state index is 0.172. The molecule has 1 saturated heterocycles. The van der Waals surface area contributed by atoms with Gasteiger partial charge in [0.15, 0.2) is 5.69 Å². The molecule has 2 heterocycles. The third-order valence-electron chi connectivity index (χ3n) is 3.77. The molecule has 1 aliphatic heterocycles. The van der Waals surface area contributed by atoms with Gasteiger partial charge in [0.2, 0.25) is 0 Å². The molecule has 21 heavy (non-hydrogen) atoms. The van der Waals surface area contributed by atoms with Crippen molar-refractivity contribution in [3.05, 3.63) is 30.0 Å². The zero-order valence-electron chi connectivity index (χ0n) is 11.9. The fourth-order valence-electron chi connectivity index (χ4n) is 2.52. The summed E-state index contributed by atoms with van der Waals surface area (Å²) in [4.78, 5) is 16.0. The van der Waals surface area contributed by atoms with E-state index in [0.717, 1.165) is 37.4 Å². The second kappa shape index (κ2) is 5.53. The number of benzene rings is 1. The van der Waals surface area contributed by atoms with E-state index in [0.29, 0.717) is 5.69 Å². The molecule has 7 heteroatoms.